The largest absolute Gasteiger partial charge is 0.497 e. The fourth-order valence-electron chi connectivity index (χ4n) is 2.79. The molecule has 0 unspecified atom stereocenters. The molecule has 0 aliphatic carbocycles. The number of carboxylic acid groups (broad SMARTS) is 1. The van der Waals surface area contributed by atoms with E-state index >= 15 is 0 Å². The standard InChI is InChI=1S/C20H15N3O3S.ClH/c1-26-15-8-4-12(5-9-15)16-10-27-19-17(16)18(21-11-22-19)23-14-6-2-13(3-7-14)20(24)25;/h2-11H,1H3,(H,24,25)(H,21,22,23);1H. The minimum absolute atomic E-state index is 0. The number of methoxy groups -OCH3 is 1. The summed E-state index contributed by atoms with van der Waals surface area (Å²) in [4.78, 5) is 20.6. The zero-order chi connectivity index (χ0) is 18.8. The van der Waals surface area contributed by atoms with E-state index in [9.17, 15) is 4.79 Å². The van der Waals surface area contributed by atoms with Gasteiger partial charge in [0.05, 0.1) is 18.1 Å². The highest BCUT2D eigenvalue weighted by Crippen LogP contribution is 2.37. The number of aromatic carboxylic acids is 1. The van der Waals surface area contributed by atoms with E-state index in [1.54, 1.807) is 42.7 Å². The zero-order valence-electron chi connectivity index (χ0n) is 14.7. The van der Waals surface area contributed by atoms with Gasteiger partial charge in [-0.25, -0.2) is 14.8 Å². The van der Waals surface area contributed by atoms with Crippen molar-refractivity contribution >= 4 is 51.4 Å². The summed E-state index contributed by atoms with van der Waals surface area (Å²) in [6.45, 7) is 0. The minimum atomic E-state index is -0.953. The van der Waals surface area contributed by atoms with E-state index < -0.39 is 5.97 Å². The van der Waals surface area contributed by atoms with Gasteiger partial charge in [-0.15, -0.1) is 23.7 Å². The highest BCUT2D eigenvalue weighted by atomic mass is 35.5. The number of nitrogens with one attached hydrogen (secondary N) is 1. The molecule has 0 atom stereocenters. The third-order valence-corrected chi connectivity index (χ3v) is 5.05. The Hall–Kier alpha value is -3.16. The Kier molecular flexibility index (Phi) is 5.77. The summed E-state index contributed by atoms with van der Waals surface area (Å²) in [6, 6.07) is 14.4. The summed E-state index contributed by atoms with van der Waals surface area (Å²) in [6.07, 6.45) is 1.52. The molecular formula is C20H16ClN3O3S. The van der Waals surface area contributed by atoms with Crippen LogP contribution in [0.3, 0.4) is 0 Å². The van der Waals surface area contributed by atoms with Crippen LogP contribution < -0.4 is 10.1 Å². The summed E-state index contributed by atoms with van der Waals surface area (Å²) in [7, 11) is 1.64. The Morgan fingerprint density at radius 1 is 1.07 bits per heavy atom. The Labute approximate surface area is 171 Å². The molecule has 2 aromatic heterocycles. The number of fused-ring (bicyclic) bond motifs is 1. The van der Waals surface area contributed by atoms with E-state index in [4.69, 9.17) is 9.84 Å². The summed E-state index contributed by atoms with van der Waals surface area (Å²) >= 11 is 1.55. The van der Waals surface area contributed by atoms with Crippen LogP contribution in [0.4, 0.5) is 11.5 Å². The number of anilines is 2. The van der Waals surface area contributed by atoms with Gasteiger partial charge in [0.2, 0.25) is 0 Å². The third-order valence-electron chi connectivity index (χ3n) is 4.17. The second-order valence-electron chi connectivity index (χ2n) is 5.79. The van der Waals surface area contributed by atoms with Crippen molar-refractivity contribution in [1.29, 1.82) is 0 Å². The van der Waals surface area contributed by atoms with E-state index in [-0.39, 0.29) is 18.0 Å². The molecule has 0 radical (unpaired) electrons. The molecule has 0 bridgehead atoms. The number of thiophene rings is 1. The van der Waals surface area contributed by atoms with Gasteiger partial charge in [-0.2, -0.15) is 0 Å². The molecule has 4 aromatic rings. The van der Waals surface area contributed by atoms with Gasteiger partial charge in [-0.3, -0.25) is 0 Å². The van der Waals surface area contributed by atoms with Crippen LogP contribution in [0.2, 0.25) is 0 Å². The summed E-state index contributed by atoms with van der Waals surface area (Å²) in [5.74, 6) is 0.521. The van der Waals surface area contributed by atoms with Gasteiger partial charge in [0.15, 0.2) is 0 Å². The van der Waals surface area contributed by atoms with Gasteiger partial charge in [0.1, 0.15) is 22.7 Å². The number of aromatic nitrogens is 2. The lowest BCUT2D eigenvalue weighted by atomic mass is 10.1. The number of ether oxygens (including phenoxy) is 1. The third kappa shape index (κ3) is 3.76. The van der Waals surface area contributed by atoms with Crippen molar-refractivity contribution in [3.63, 3.8) is 0 Å². The maximum absolute atomic E-state index is 11.0. The predicted octanol–water partition coefficient (Wildman–Crippen LogP) is 5.23. The molecule has 0 amide bonds. The SMILES string of the molecule is COc1ccc(-c2csc3ncnc(Nc4ccc(C(=O)O)cc4)c23)cc1.Cl. The number of halogens is 1. The minimum Gasteiger partial charge on any atom is -0.497 e. The first-order valence-electron chi connectivity index (χ1n) is 8.12. The van der Waals surface area contributed by atoms with Crippen molar-refractivity contribution in [2.24, 2.45) is 0 Å². The molecule has 2 aromatic carbocycles. The molecular weight excluding hydrogens is 398 g/mol. The first-order valence-corrected chi connectivity index (χ1v) is 9.00. The van der Waals surface area contributed by atoms with Crippen LogP contribution in [-0.4, -0.2) is 28.2 Å². The second-order valence-corrected chi connectivity index (χ2v) is 6.65. The average Bonchev–Trinajstić information content (AvgIpc) is 3.14. The van der Waals surface area contributed by atoms with Crippen LogP contribution in [0, 0.1) is 0 Å². The summed E-state index contributed by atoms with van der Waals surface area (Å²) in [5, 5.41) is 15.3. The van der Waals surface area contributed by atoms with Crippen LogP contribution >= 0.6 is 23.7 Å². The summed E-state index contributed by atoms with van der Waals surface area (Å²) in [5.41, 5.74) is 3.07. The zero-order valence-corrected chi connectivity index (χ0v) is 16.4. The molecule has 0 aliphatic rings. The molecule has 2 N–H and O–H groups in total. The number of rotatable bonds is 5. The van der Waals surface area contributed by atoms with Gasteiger partial charge in [0, 0.05) is 16.6 Å². The summed E-state index contributed by atoms with van der Waals surface area (Å²) < 4.78 is 5.23. The van der Waals surface area contributed by atoms with E-state index in [0.717, 1.165) is 32.8 Å². The van der Waals surface area contributed by atoms with E-state index in [1.165, 1.54) is 6.33 Å². The maximum atomic E-state index is 11.0. The quantitative estimate of drug-likeness (QED) is 0.466. The van der Waals surface area contributed by atoms with E-state index in [1.807, 2.05) is 24.3 Å². The monoisotopic (exact) mass is 413 g/mol. The number of carboxylic acids is 1. The normalized spacial score (nSPS) is 10.3. The van der Waals surface area contributed by atoms with Crippen molar-refractivity contribution < 1.29 is 14.6 Å². The van der Waals surface area contributed by atoms with E-state index in [0.29, 0.717) is 5.82 Å². The van der Waals surface area contributed by atoms with Crippen molar-refractivity contribution in [1.82, 2.24) is 9.97 Å². The van der Waals surface area contributed by atoms with E-state index in [2.05, 4.69) is 20.7 Å². The molecule has 0 aliphatic heterocycles. The van der Waals surface area contributed by atoms with Crippen LogP contribution in [0.15, 0.2) is 60.2 Å². The Balaban J connectivity index is 0.00000225. The van der Waals surface area contributed by atoms with Gasteiger partial charge in [0.25, 0.3) is 0 Å². The number of carbonyl (C=O) groups is 1. The molecule has 2 heterocycles. The highest BCUT2D eigenvalue weighted by Gasteiger charge is 2.14. The number of benzene rings is 2. The topological polar surface area (TPSA) is 84.3 Å². The Morgan fingerprint density at radius 3 is 2.43 bits per heavy atom. The fraction of sp³-hybridized carbons (Fsp3) is 0.0500. The number of nitrogens with zero attached hydrogens (tertiary/aromatic N) is 2. The molecule has 0 saturated carbocycles. The van der Waals surface area contributed by atoms with Crippen molar-refractivity contribution in [2.45, 2.75) is 0 Å². The van der Waals surface area contributed by atoms with Crippen molar-refractivity contribution in [3.05, 3.63) is 65.8 Å². The Bertz CT molecular complexity index is 1110. The lowest BCUT2D eigenvalue weighted by Gasteiger charge is -2.09. The molecule has 6 nitrogen and oxygen atoms in total. The highest BCUT2D eigenvalue weighted by molar-refractivity contribution is 7.17. The van der Waals surface area contributed by atoms with Crippen molar-refractivity contribution in [3.8, 4) is 16.9 Å². The molecule has 28 heavy (non-hydrogen) atoms. The van der Waals surface area contributed by atoms with Gasteiger partial charge in [-0.1, -0.05) is 12.1 Å². The van der Waals surface area contributed by atoms with Crippen LogP contribution in [0.1, 0.15) is 10.4 Å². The lowest BCUT2D eigenvalue weighted by molar-refractivity contribution is 0.0697. The first-order chi connectivity index (χ1) is 13.2. The van der Waals surface area contributed by atoms with Crippen LogP contribution in [0.5, 0.6) is 5.75 Å². The smallest absolute Gasteiger partial charge is 0.335 e. The van der Waals surface area contributed by atoms with Gasteiger partial charge in [-0.05, 0) is 42.0 Å². The predicted molar refractivity (Wildman–Crippen MR) is 113 cm³/mol. The maximum Gasteiger partial charge on any atom is 0.335 e. The van der Waals surface area contributed by atoms with Gasteiger partial charge < -0.3 is 15.2 Å². The average molecular weight is 414 g/mol. The molecule has 8 heteroatoms. The molecule has 0 fully saturated rings. The second kappa shape index (κ2) is 8.24. The lowest BCUT2D eigenvalue weighted by Crippen LogP contribution is -1.98. The Morgan fingerprint density at radius 2 is 1.79 bits per heavy atom. The van der Waals surface area contributed by atoms with Crippen LogP contribution in [-0.2, 0) is 0 Å². The molecule has 142 valence electrons. The molecule has 0 saturated heterocycles. The van der Waals surface area contributed by atoms with Crippen LogP contribution in [0.25, 0.3) is 21.3 Å². The fourth-order valence-corrected chi connectivity index (χ4v) is 3.70. The molecule has 4 rings (SSSR count). The van der Waals surface area contributed by atoms with Crippen molar-refractivity contribution in [2.75, 3.05) is 12.4 Å². The number of hydrogen-bond donors (Lipinski definition) is 2. The first kappa shape index (κ1) is 19.6. The molecule has 0 spiro atoms. The van der Waals surface area contributed by atoms with Gasteiger partial charge >= 0.3 is 5.97 Å². The number of hydrogen-bond acceptors (Lipinski definition) is 6.